The molecule has 1 atom stereocenters. The van der Waals surface area contributed by atoms with Crippen molar-refractivity contribution in [3.63, 3.8) is 0 Å². The van der Waals surface area contributed by atoms with Crippen molar-refractivity contribution in [2.45, 2.75) is 26.7 Å². The molecule has 0 aliphatic rings. The third-order valence-corrected chi connectivity index (χ3v) is 2.66. The molecule has 1 aromatic heterocycles. The van der Waals surface area contributed by atoms with Gasteiger partial charge in [-0.3, -0.25) is 14.6 Å². The van der Waals surface area contributed by atoms with E-state index in [4.69, 9.17) is 0 Å². The molecule has 1 unspecified atom stereocenters. The van der Waals surface area contributed by atoms with Crippen LogP contribution in [0.4, 0.5) is 0 Å². The molecule has 0 saturated heterocycles. The maximum Gasteiger partial charge on any atom is 0.227 e. The Morgan fingerprint density at radius 3 is 2.59 bits per heavy atom. The number of pyridine rings is 1. The summed E-state index contributed by atoms with van der Waals surface area (Å²) in [4.78, 5) is 27.1. The second-order valence-electron chi connectivity index (χ2n) is 4.35. The van der Waals surface area contributed by atoms with Gasteiger partial charge in [0.25, 0.3) is 0 Å². The number of carbonyl (C=O) groups is 2. The Hall–Kier alpha value is -1.71. The normalized spacial score (nSPS) is 12.2. The highest BCUT2D eigenvalue weighted by Crippen LogP contribution is 2.12. The first-order chi connectivity index (χ1) is 8.02. The first-order valence-corrected chi connectivity index (χ1v) is 5.72. The summed E-state index contributed by atoms with van der Waals surface area (Å²) in [7, 11) is 0. The largest absolute Gasteiger partial charge is 0.348 e. The molecular formula is C13H18N2O2. The summed E-state index contributed by atoms with van der Waals surface area (Å²) in [6, 6.07) is 3.64. The average Bonchev–Trinajstić information content (AvgIpc) is 2.35. The van der Waals surface area contributed by atoms with Crippen LogP contribution in [0.3, 0.4) is 0 Å². The highest BCUT2D eigenvalue weighted by Gasteiger charge is 2.16. The molecule has 0 saturated carbocycles. The first kappa shape index (κ1) is 13.4. The van der Waals surface area contributed by atoms with Gasteiger partial charge >= 0.3 is 0 Å². The third kappa shape index (κ3) is 3.98. The maximum atomic E-state index is 11.8. The molecule has 0 radical (unpaired) electrons. The standard InChI is InChI=1S/C13H18N2O2/c1-9(2)12(16)8-15-13(17)10(3)11-5-4-6-14-7-11/h4-7,9-10H,8H2,1-3H3,(H,15,17). The topological polar surface area (TPSA) is 59.1 Å². The number of ketones is 1. The zero-order chi connectivity index (χ0) is 12.8. The minimum Gasteiger partial charge on any atom is -0.348 e. The van der Waals surface area contributed by atoms with Crippen molar-refractivity contribution in [1.29, 1.82) is 0 Å². The molecule has 92 valence electrons. The number of amides is 1. The molecule has 17 heavy (non-hydrogen) atoms. The minimum absolute atomic E-state index is 0.0386. The van der Waals surface area contributed by atoms with Crippen molar-refractivity contribution in [2.75, 3.05) is 6.54 Å². The van der Waals surface area contributed by atoms with E-state index in [1.54, 1.807) is 25.4 Å². The van der Waals surface area contributed by atoms with E-state index in [1.165, 1.54) is 0 Å². The predicted octanol–water partition coefficient (Wildman–Crippen LogP) is 1.53. The van der Waals surface area contributed by atoms with Crippen molar-refractivity contribution in [3.8, 4) is 0 Å². The summed E-state index contributed by atoms with van der Waals surface area (Å²) < 4.78 is 0. The highest BCUT2D eigenvalue weighted by molar-refractivity contribution is 5.89. The molecule has 4 nitrogen and oxygen atoms in total. The van der Waals surface area contributed by atoms with Crippen LogP contribution >= 0.6 is 0 Å². The van der Waals surface area contributed by atoms with Gasteiger partial charge in [0, 0.05) is 18.3 Å². The van der Waals surface area contributed by atoms with Crippen LogP contribution in [0, 0.1) is 5.92 Å². The molecule has 0 fully saturated rings. The number of hydrogen-bond donors (Lipinski definition) is 1. The van der Waals surface area contributed by atoms with Crippen LogP contribution in [-0.2, 0) is 9.59 Å². The van der Waals surface area contributed by atoms with Crippen LogP contribution in [0.15, 0.2) is 24.5 Å². The molecule has 1 amide bonds. The van der Waals surface area contributed by atoms with Gasteiger partial charge in [0.15, 0.2) is 5.78 Å². The Bertz CT molecular complexity index is 388. The third-order valence-electron chi connectivity index (χ3n) is 2.66. The lowest BCUT2D eigenvalue weighted by atomic mass is 10.0. The van der Waals surface area contributed by atoms with Crippen LogP contribution in [0.1, 0.15) is 32.3 Å². The molecule has 1 heterocycles. The maximum absolute atomic E-state index is 11.8. The number of carbonyl (C=O) groups excluding carboxylic acids is 2. The Morgan fingerprint density at radius 2 is 2.06 bits per heavy atom. The molecule has 0 aliphatic heterocycles. The molecule has 0 aliphatic carbocycles. The minimum atomic E-state index is -0.288. The number of aromatic nitrogens is 1. The fourth-order valence-corrected chi connectivity index (χ4v) is 1.31. The van der Waals surface area contributed by atoms with Gasteiger partial charge in [0.2, 0.25) is 5.91 Å². The smallest absolute Gasteiger partial charge is 0.227 e. The molecular weight excluding hydrogens is 216 g/mol. The number of nitrogens with one attached hydrogen (secondary N) is 1. The summed E-state index contributed by atoms with van der Waals surface area (Å²) in [5.41, 5.74) is 0.849. The molecule has 1 N–H and O–H groups in total. The van der Waals surface area contributed by atoms with Crippen molar-refractivity contribution in [3.05, 3.63) is 30.1 Å². The van der Waals surface area contributed by atoms with Crippen LogP contribution in [0.5, 0.6) is 0 Å². The van der Waals surface area contributed by atoms with Gasteiger partial charge in [-0.15, -0.1) is 0 Å². The van der Waals surface area contributed by atoms with Crippen LogP contribution in [0.2, 0.25) is 0 Å². The summed E-state index contributed by atoms with van der Waals surface area (Å²) in [5.74, 6) is -0.448. The number of rotatable bonds is 5. The Balaban J connectivity index is 2.51. The Morgan fingerprint density at radius 1 is 1.35 bits per heavy atom. The van der Waals surface area contributed by atoms with E-state index in [9.17, 15) is 9.59 Å². The van der Waals surface area contributed by atoms with E-state index in [2.05, 4.69) is 10.3 Å². The average molecular weight is 234 g/mol. The van der Waals surface area contributed by atoms with E-state index < -0.39 is 0 Å². The van der Waals surface area contributed by atoms with Crippen molar-refractivity contribution in [1.82, 2.24) is 10.3 Å². The van der Waals surface area contributed by atoms with Crippen LogP contribution in [0.25, 0.3) is 0 Å². The number of nitrogens with zero attached hydrogens (tertiary/aromatic N) is 1. The second-order valence-corrected chi connectivity index (χ2v) is 4.35. The quantitative estimate of drug-likeness (QED) is 0.840. The first-order valence-electron chi connectivity index (χ1n) is 5.72. The van der Waals surface area contributed by atoms with Crippen molar-refractivity contribution < 1.29 is 9.59 Å². The summed E-state index contributed by atoms with van der Waals surface area (Å²) in [6.07, 6.45) is 3.32. The summed E-state index contributed by atoms with van der Waals surface area (Å²) in [5, 5.41) is 2.65. The molecule has 1 aromatic rings. The second kappa shape index (κ2) is 6.13. The van der Waals surface area contributed by atoms with E-state index in [1.807, 2.05) is 19.9 Å². The van der Waals surface area contributed by atoms with Crippen LogP contribution in [-0.4, -0.2) is 23.2 Å². The van der Waals surface area contributed by atoms with Crippen LogP contribution < -0.4 is 5.32 Å². The van der Waals surface area contributed by atoms with Gasteiger partial charge in [-0.25, -0.2) is 0 Å². The molecule has 0 spiro atoms. The van der Waals surface area contributed by atoms with E-state index >= 15 is 0 Å². The number of Topliss-reactive ketones (excluding diaryl/α,β-unsaturated/α-hetero) is 1. The summed E-state index contributed by atoms with van der Waals surface area (Å²) in [6.45, 7) is 5.53. The van der Waals surface area contributed by atoms with Gasteiger partial charge in [-0.1, -0.05) is 19.9 Å². The van der Waals surface area contributed by atoms with Gasteiger partial charge in [-0.2, -0.15) is 0 Å². The fraction of sp³-hybridized carbons (Fsp3) is 0.462. The predicted molar refractivity (Wildman–Crippen MR) is 65.5 cm³/mol. The van der Waals surface area contributed by atoms with E-state index in [0.717, 1.165) is 5.56 Å². The molecule has 4 heteroatoms. The molecule has 0 bridgehead atoms. The van der Waals surface area contributed by atoms with Gasteiger partial charge in [0.1, 0.15) is 0 Å². The zero-order valence-corrected chi connectivity index (χ0v) is 10.4. The lowest BCUT2D eigenvalue weighted by molar-refractivity contribution is -0.127. The lowest BCUT2D eigenvalue weighted by Crippen LogP contribution is -2.34. The Kier molecular flexibility index (Phi) is 4.82. The zero-order valence-electron chi connectivity index (χ0n) is 10.4. The SMILES string of the molecule is CC(C)C(=O)CNC(=O)C(C)c1cccnc1. The summed E-state index contributed by atoms with van der Waals surface area (Å²) >= 11 is 0. The van der Waals surface area contributed by atoms with Crippen molar-refractivity contribution >= 4 is 11.7 Å². The molecule has 1 rings (SSSR count). The van der Waals surface area contributed by atoms with Gasteiger partial charge in [-0.05, 0) is 18.6 Å². The van der Waals surface area contributed by atoms with Gasteiger partial charge < -0.3 is 5.32 Å². The molecule has 0 aromatic carbocycles. The number of hydrogen-bond acceptors (Lipinski definition) is 3. The lowest BCUT2D eigenvalue weighted by Gasteiger charge is -2.12. The van der Waals surface area contributed by atoms with Gasteiger partial charge in [0.05, 0.1) is 12.5 Å². The highest BCUT2D eigenvalue weighted by atomic mass is 16.2. The monoisotopic (exact) mass is 234 g/mol. The van der Waals surface area contributed by atoms with Crippen molar-refractivity contribution in [2.24, 2.45) is 5.92 Å². The fourth-order valence-electron chi connectivity index (χ4n) is 1.31. The van der Waals surface area contributed by atoms with E-state index in [0.29, 0.717) is 0 Å². The Labute approximate surface area is 101 Å². The van der Waals surface area contributed by atoms with E-state index in [-0.39, 0.29) is 30.1 Å².